The molecule has 0 saturated heterocycles. The normalized spacial score (nSPS) is 10.1. The molecule has 0 spiro atoms. The van der Waals surface area contributed by atoms with Gasteiger partial charge in [0.25, 0.3) is 0 Å². The van der Waals surface area contributed by atoms with Gasteiger partial charge in [-0.15, -0.1) is 0 Å². The van der Waals surface area contributed by atoms with E-state index in [9.17, 15) is 14.3 Å². The van der Waals surface area contributed by atoms with Crippen LogP contribution in [0.5, 0.6) is 5.75 Å². The van der Waals surface area contributed by atoms with Gasteiger partial charge in [0.2, 0.25) is 0 Å². The molecule has 1 rings (SSSR count). The summed E-state index contributed by atoms with van der Waals surface area (Å²) < 4.78 is 13.5. The number of carbonyl (C=O) groups is 1. The molecule has 0 unspecified atom stereocenters. The molecule has 4 heteroatoms. The van der Waals surface area contributed by atoms with Gasteiger partial charge in [-0.05, 0) is 35.0 Å². The summed E-state index contributed by atoms with van der Waals surface area (Å²) in [6, 6.07) is 2.75. The van der Waals surface area contributed by atoms with Gasteiger partial charge in [0.15, 0.2) is 0 Å². The lowest BCUT2D eigenvalue weighted by molar-refractivity contribution is -0.116. The molecule has 0 radical (unpaired) electrons. The highest BCUT2D eigenvalue weighted by Crippen LogP contribution is 2.27. The molecule has 0 amide bonds. The largest absolute Gasteiger partial charge is 0.508 e. The van der Waals surface area contributed by atoms with Crippen LogP contribution in [0.15, 0.2) is 16.6 Å². The molecule has 13 heavy (non-hydrogen) atoms. The van der Waals surface area contributed by atoms with Crippen LogP contribution in [0.4, 0.5) is 4.39 Å². The predicted molar refractivity (Wildman–Crippen MR) is 50.1 cm³/mol. The maximum atomic E-state index is 13.3. The first-order valence-corrected chi connectivity index (χ1v) is 4.47. The Kier molecular flexibility index (Phi) is 3.03. The molecule has 1 aromatic rings. The van der Waals surface area contributed by atoms with E-state index in [-0.39, 0.29) is 28.0 Å². The Morgan fingerprint density at radius 2 is 2.23 bits per heavy atom. The summed E-state index contributed by atoms with van der Waals surface area (Å²) in [6.45, 7) is 1.35. The van der Waals surface area contributed by atoms with Crippen molar-refractivity contribution < 1.29 is 14.3 Å². The number of rotatable bonds is 2. The number of hydrogen-bond donors (Lipinski definition) is 1. The Morgan fingerprint density at radius 1 is 1.62 bits per heavy atom. The molecule has 0 aliphatic carbocycles. The first-order valence-electron chi connectivity index (χ1n) is 3.67. The van der Waals surface area contributed by atoms with Crippen molar-refractivity contribution in [3.8, 4) is 5.75 Å². The Bertz CT molecular complexity index is 350. The van der Waals surface area contributed by atoms with Crippen LogP contribution in [-0.2, 0) is 11.2 Å². The zero-order valence-corrected chi connectivity index (χ0v) is 8.56. The minimum absolute atomic E-state index is 0.0434. The molecule has 1 N–H and O–H groups in total. The second-order valence-electron chi connectivity index (χ2n) is 2.74. The number of aromatic hydroxyl groups is 1. The van der Waals surface area contributed by atoms with Crippen LogP contribution in [0.1, 0.15) is 12.5 Å². The summed E-state index contributed by atoms with van der Waals surface area (Å²) in [4.78, 5) is 10.7. The number of hydrogen-bond acceptors (Lipinski definition) is 2. The van der Waals surface area contributed by atoms with Gasteiger partial charge in [0, 0.05) is 12.0 Å². The SMILES string of the molecule is CC(=O)Cc1c(O)ccc(Br)c1F. The van der Waals surface area contributed by atoms with Crippen molar-refractivity contribution in [3.63, 3.8) is 0 Å². The third kappa shape index (κ3) is 2.28. The van der Waals surface area contributed by atoms with Crippen molar-refractivity contribution >= 4 is 21.7 Å². The average Bonchev–Trinajstić information content (AvgIpc) is 2.05. The molecule has 70 valence electrons. The zero-order chi connectivity index (χ0) is 10.0. The Balaban J connectivity index is 3.17. The predicted octanol–water partition coefficient (Wildman–Crippen LogP) is 2.43. The van der Waals surface area contributed by atoms with Gasteiger partial charge in [-0.25, -0.2) is 4.39 Å². The standard InChI is InChI=1S/C9H8BrFO2/c1-5(12)4-6-8(13)3-2-7(10)9(6)11/h2-3,13H,4H2,1H3. The fourth-order valence-electron chi connectivity index (χ4n) is 1.000. The van der Waals surface area contributed by atoms with E-state index in [1.807, 2.05) is 0 Å². The Hall–Kier alpha value is -0.900. The summed E-state index contributed by atoms with van der Waals surface area (Å²) in [7, 11) is 0. The van der Waals surface area contributed by atoms with Crippen LogP contribution in [0.25, 0.3) is 0 Å². The fourth-order valence-corrected chi connectivity index (χ4v) is 1.37. The second-order valence-corrected chi connectivity index (χ2v) is 3.59. The number of phenols is 1. The smallest absolute Gasteiger partial charge is 0.144 e. The van der Waals surface area contributed by atoms with Gasteiger partial charge in [-0.3, -0.25) is 4.79 Å². The van der Waals surface area contributed by atoms with E-state index in [2.05, 4.69) is 15.9 Å². The summed E-state index contributed by atoms with van der Waals surface area (Å²) in [5.74, 6) is -0.946. The quantitative estimate of drug-likeness (QED) is 0.871. The lowest BCUT2D eigenvalue weighted by atomic mass is 10.1. The molecule has 0 heterocycles. The molecule has 0 atom stereocenters. The van der Waals surface area contributed by atoms with Gasteiger partial charge < -0.3 is 5.11 Å². The van der Waals surface area contributed by atoms with E-state index in [1.165, 1.54) is 19.1 Å². The van der Waals surface area contributed by atoms with Crippen molar-refractivity contribution in [1.29, 1.82) is 0 Å². The molecule has 2 nitrogen and oxygen atoms in total. The highest BCUT2D eigenvalue weighted by atomic mass is 79.9. The molecule has 0 saturated carbocycles. The number of Topliss-reactive ketones (excluding diaryl/α,β-unsaturated/α-hetero) is 1. The lowest BCUT2D eigenvalue weighted by Crippen LogP contribution is -2.00. The summed E-state index contributed by atoms with van der Waals surface area (Å²) >= 11 is 2.97. The van der Waals surface area contributed by atoms with Gasteiger partial charge >= 0.3 is 0 Å². The third-order valence-electron chi connectivity index (χ3n) is 1.60. The van der Waals surface area contributed by atoms with E-state index in [4.69, 9.17) is 0 Å². The second kappa shape index (κ2) is 3.87. The van der Waals surface area contributed by atoms with E-state index >= 15 is 0 Å². The van der Waals surface area contributed by atoms with Crippen molar-refractivity contribution in [2.75, 3.05) is 0 Å². The lowest BCUT2D eigenvalue weighted by Gasteiger charge is -2.04. The molecular formula is C9H8BrFO2. The van der Waals surface area contributed by atoms with Gasteiger partial charge in [-0.2, -0.15) is 0 Å². The monoisotopic (exact) mass is 246 g/mol. The number of carbonyl (C=O) groups excluding carboxylic acids is 1. The fraction of sp³-hybridized carbons (Fsp3) is 0.222. The number of benzene rings is 1. The zero-order valence-electron chi connectivity index (χ0n) is 6.97. The van der Waals surface area contributed by atoms with Crippen molar-refractivity contribution in [2.24, 2.45) is 0 Å². The van der Waals surface area contributed by atoms with E-state index in [1.54, 1.807) is 0 Å². The van der Waals surface area contributed by atoms with Gasteiger partial charge in [-0.1, -0.05) is 0 Å². The van der Waals surface area contributed by atoms with Gasteiger partial charge in [0.05, 0.1) is 4.47 Å². The molecule has 0 aromatic heterocycles. The average molecular weight is 247 g/mol. The molecule has 0 aliphatic rings. The Labute approximate surface area is 83.5 Å². The molecule has 1 aromatic carbocycles. The van der Waals surface area contributed by atoms with Crippen LogP contribution in [-0.4, -0.2) is 10.9 Å². The minimum atomic E-state index is -0.574. The topological polar surface area (TPSA) is 37.3 Å². The maximum Gasteiger partial charge on any atom is 0.144 e. The molecule has 0 bridgehead atoms. The van der Waals surface area contributed by atoms with Crippen LogP contribution >= 0.6 is 15.9 Å². The van der Waals surface area contributed by atoms with Crippen LogP contribution in [0.3, 0.4) is 0 Å². The van der Waals surface area contributed by atoms with Crippen molar-refractivity contribution in [2.45, 2.75) is 13.3 Å². The van der Waals surface area contributed by atoms with Crippen molar-refractivity contribution in [3.05, 3.63) is 28.0 Å². The maximum absolute atomic E-state index is 13.3. The van der Waals surface area contributed by atoms with Crippen LogP contribution in [0.2, 0.25) is 0 Å². The van der Waals surface area contributed by atoms with E-state index in [0.717, 1.165) is 0 Å². The highest BCUT2D eigenvalue weighted by molar-refractivity contribution is 9.10. The number of halogens is 2. The summed E-state index contributed by atoms with van der Waals surface area (Å²) in [5, 5.41) is 9.25. The highest BCUT2D eigenvalue weighted by Gasteiger charge is 2.12. The van der Waals surface area contributed by atoms with E-state index < -0.39 is 5.82 Å². The number of phenolic OH excluding ortho intramolecular Hbond substituents is 1. The first kappa shape index (κ1) is 10.2. The summed E-state index contributed by atoms with van der Waals surface area (Å²) in [6.07, 6.45) is -0.0862. The van der Waals surface area contributed by atoms with Gasteiger partial charge in [0.1, 0.15) is 17.3 Å². The minimum Gasteiger partial charge on any atom is -0.508 e. The van der Waals surface area contributed by atoms with E-state index in [0.29, 0.717) is 0 Å². The molecule has 0 aliphatic heterocycles. The van der Waals surface area contributed by atoms with Crippen molar-refractivity contribution in [1.82, 2.24) is 0 Å². The molecule has 0 fully saturated rings. The molecular weight excluding hydrogens is 239 g/mol. The van der Waals surface area contributed by atoms with Crippen LogP contribution in [0, 0.1) is 5.82 Å². The van der Waals surface area contributed by atoms with Crippen LogP contribution < -0.4 is 0 Å². The third-order valence-corrected chi connectivity index (χ3v) is 2.21. The summed E-state index contributed by atoms with van der Waals surface area (Å²) in [5.41, 5.74) is 0.0434. The Morgan fingerprint density at radius 3 is 2.77 bits per heavy atom. The number of ketones is 1. The first-order chi connectivity index (χ1) is 6.02.